The summed E-state index contributed by atoms with van der Waals surface area (Å²) in [5.41, 5.74) is 1.13. The monoisotopic (exact) mass is 352 g/mol. The lowest BCUT2D eigenvalue weighted by Gasteiger charge is -2.19. The molecule has 1 amide bonds. The normalized spacial score (nSPS) is 24.1. The van der Waals surface area contributed by atoms with Crippen LogP contribution in [0.4, 0.5) is 5.69 Å². The molecular formula is C16H24N4O3S. The zero-order valence-electron chi connectivity index (χ0n) is 13.8. The minimum absolute atomic E-state index is 0.0987. The molecular weight excluding hydrogens is 328 g/mol. The predicted octanol–water partition coefficient (Wildman–Crippen LogP) is 0.352. The van der Waals surface area contributed by atoms with E-state index in [1.807, 2.05) is 12.1 Å². The molecule has 7 nitrogen and oxygen atoms in total. The highest BCUT2D eigenvalue weighted by molar-refractivity contribution is 7.88. The number of nitrogens with one attached hydrogen (secondary N) is 2. The van der Waals surface area contributed by atoms with E-state index in [1.165, 1.54) is 12.8 Å². The zero-order chi connectivity index (χ0) is 17.2. The molecule has 1 aromatic rings. The number of sulfonamides is 1. The van der Waals surface area contributed by atoms with Gasteiger partial charge >= 0.3 is 0 Å². The van der Waals surface area contributed by atoms with E-state index in [4.69, 9.17) is 0 Å². The summed E-state index contributed by atoms with van der Waals surface area (Å²) >= 11 is 0. The van der Waals surface area contributed by atoms with E-state index < -0.39 is 10.0 Å². The fraction of sp³-hybridized carbons (Fsp3) is 0.625. The van der Waals surface area contributed by atoms with Gasteiger partial charge < -0.3 is 10.2 Å². The molecule has 0 aromatic carbocycles. The molecule has 24 heavy (non-hydrogen) atoms. The van der Waals surface area contributed by atoms with Crippen LogP contribution in [-0.2, 0) is 14.8 Å². The standard InChI is InChI=1S/C16H24N4O3S/c1-24(22,23)18-9-6-16(21)19-15-11-20(10-14(15)12-2-3-12)13-4-7-17-8-5-13/h4-5,7-8,12,14-15,18H,2-3,6,9-11H2,1H3,(H,19,21)/t14-,15+/m1/s1. The number of anilines is 1. The van der Waals surface area contributed by atoms with Gasteiger partial charge in [-0.05, 0) is 30.9 Å². The first-order valence-electron chi connectivity index (χ1n) is 8.31. The number of carbonyl (C=O) groups is 1. The van der Waals surface area contributed by atoms with Gasteiger partial charge in [-0.15, -0.1) is 0 Å². The van der Waals surface area contributed by atoms with Crippen molar-refractivity contribution < 1.29 is 13.2 Å². The van der Waals surface area contributed by atoms with Gasteiger partial charge in [0.15, 0.2) is 0 Å². The van der Waals surface area contributed by atoms with Gasteiger partial charge in [0.1, 0.15) is 0 Å². The largest absolute Gasteiger partial charge is 0.369 e. The highest BCUT2D eigenvalue weighted by Gasteiger charge is 2.43. The molecule has 1 saturated heterocycles. The van der Waals surface area contributed by atoms with E-state index in [9.17, 15) is 13.2 Å². The first-order valence-corrected chi connectivity index (χ1v) is 10.2. The first kappa shape index (κ1) is 17.2. The quantitative estimate of drug-likeness (QED) is 0.739. The van der Waals surface area contributed by atoms with Gasteiger partial charge in [0.05, 0.1) is 12.3 Å². The minimum Gasteiger partial charge on any atom is -0.369 e. The molecule has 1 saturated carbocycles. The molecule has 3 rings (SSSR count). The molecule has 2 N–H and O–H groups in total. The maximum absolute atomic E-state index is 12.1. The Kier molecular flexibility index (Phi) is 5.05. The van der Waals surface area contributed by atoms with Crippen LogP contribution < -0.4 is 14.9 Å². The summed E-state index contributed by atoms with van der Waals surface area (Å²) in [5, 5.41) is 3.11. The first-order chi connectivity index (χ1) is 11.4. The van der Waals surface area contributed by atoms with Crippen LogP contribution >= 0.6 is 0 Å². The molecule has 132 valence electrons. The Balaban J connectivity index is 1.56. The number of hydrogen-bond donors (Lipinski definition) is 2. The summed E-state index contributed by atoms with van der Waals surface area (Å²) in [7, 11) is -3.25. The van der Waals surface area contributed by atoms with Crippen LogP contribution in [0, 0.1) is 11.8 Å². The number of rotatable bonds is 7. The number of nitrogens with zero attached hydrogens (tertiary/aromatic N) is 2. The summed E-state index contributed by atoms with van der Waals surface area (Å²) in [6, 6.07) is 4.10. The van der Waals surface area contributed by atoms with E-state index >= 15 is 0 Å². The van der Waals surface area contributed by atoms with Gasteiger partial charge in [0, 0.05) is 50.1 Å². The lowest BCUT2D eigenvalue weighted by Crippen LogP contribution is -2.42. The fourth-order valence-corrected chi connectivity index (χ4v) is 3.85. The van der Waals surface area contributed by atoms with Crippen LogP contribution in [0.2, 0.25) is 0 Å². The fourth-order valence-electron chi connectivity index (χ4n) is 3.38. The molecule has 2 heterocycles. The molecule has 0 bridgehead atoms. The highest BCUT2D eigenvalue weighted by Crippen LogP contribution is 2.42. The van der Waals surface area contributed by atoms with Crippen molar-refractivity contribution in [3.8, 4) is 0 Å². The average molecular weight is 352 g/mol. The second-order valence-electron chi connectivity index (χ2n) is 6.70. The third-order valence-corrected chi connectivity index (χ3v) is 5.41. The van der Waals surface area contributed by atoms with E-state index in [0.29, 0.717) is 11.8 Å². The zero-order valence-corrected chi connectivity index (χ0v) is 14.6. The number of carbonyl (C=O) groups excluding carboxylic acids is 1. The smallest absolute Gasteiger partial charge is 0.221 e. The molecule has 1 aromatic heterocycles. The van der Waals surface area contributed by atoms with Crippen molar-refractivity contribution in [2.24, 2.45) is 11.8 Å². The van der Waals surface area contributed by atoms with Gasteiger partial charge in [0.2, 0.25) is 15.9 Å². The van der Waals surface area contributed by atoms with Crippen molar-refractivity contribution in [1.82, 2.24) is 15.0 Å². The van der Waals surface area contributed by atoms with Crippen LogP contribution in [0.25, 0.3) is 0 Å². The second kappa shape index (κ2) is 7.06. The lowest BCUT2D eigenvalue weighted by atomic mass is 9.98. The number of pyridine rings is 1. The van der Waals surface area contributed by atoms with E-state index in [0.717, 1.165) is 25.0 Å². The van der Waals surface area contributed by atoms with Gasteiger partial charge in [-0.2, -0.15) is 0 Å². The van der Waals surface area contributed by atoms with Crippen molar-refractivity contribution in [3.63, 3.8) is 0 Å². The molecule has 2 aliphatic rings. The van der Waals surface area contributed by atoms with Gasteiger partial charge in [-0.3, -0.25) is 9.78 Å². The SMILES string of the molecule is CS(=O)(=O)NCCC(=O)N[C@H]1CN(c2ccncc2)C[C@@H]1C1CC1. The van der Waals surface area contributed by atoms with Crippen LogP contribution in [-0.4, -0.2) is 51.2 Å². The third kappa shape index (κ3) is 4.67. The Hall–Kier alpha value is -1.67. The Morgan fingerprint density at radius 3 is 2.62 bits per heavy atom. The number of aromatic nitrogens is 1. The van der Waals surface area contributed by atoms with Crippen molar-refractivity contribution in [2.45, 2.75) is 25.3 Å². The second-order valence-corrected chi connectivity index (χ2v) is 8.54. The molecule has 8 heteroatoms. The van der Waals surface area contributed by atoms with Gasteiger partial charge in [-0.25, -0.2) is 13.1 Å². The molecule has 1 aliphatic heterocycles. The van der Waals surface area contributed by atoms with E-state index in [-0.39, 0.29) is 24.9 Å². The molecule has 2 fully saturated rings. The summed E-state index contributed by atoms with van der Waals surface area (Å²) in [6.45, 7) is 1.87. The van der Waals surface area contributed by atoms with Crippen LogP contribution in [0.5, 0.6) is 0 Å². The molecule has 1 aliphatic carbocycles. The third-order valence-electron chi connectivity index (χ3n) is 4.68. The summed E-state index contributed by atoms with van der Waals surface area (Å²) < 4.78 is 24.5. The van der Waals surface area contributed by atoms with Crippen molar-refractivity contribution in [1.29, 1.82) is 0 Å². The van der Waals surface area contributed by atoms with Crippen molar-refractivity contribution >= 4 is 21.6 Å². The average Bonchev–Trinajstić information content (AvgIpc) is 3.28. The predicted molar refractivity (Wildman–Crippen MR) is 92.1 cm³/mol. The number of amides is 1. The summed E-state index contributed by atoms with van der Waals surface area (Å²) in [4.78, 5) is 18.5. The molecule has 0 radical (unpaired) electrons. The van der Waals surface area contributed by atoms with Gasteiger partial charge in [-0.1, -0.05) is 0 Å². The Morgan fingerprint density at radius 1 is 1.29 bits per heavy atom. The summed E-state index contributed by atoms with van der Waals surface area (Å²) in [6.07, 6.45) is 7.29. The Labute approximate surface area is 142 Å². The van der Waals surface area contributed by atoms with Gasteiger partial charge in [0.25, 0.3) is 0 Å². The Morgan fingerprint density at radius 2 is 2.00 bits per heavy atom. The minimum atomic E-state index is -3.25. The maximum atomic E-state index is 12.1. The van der Waals surface area contributed by atoms with Crippen molar-refractivity contribution in [2.75, 3.05) is 30.8 Å². The maximum Gasteiger partial charge on any atom is 0.221 e. The van der Waals surface area contributed by atoms with E-state index in [2.05, 4.69) is 19.9 Å². The highest BCUT2D eigenvalue weighted by atomic mass is 32.2. The van der Waals surface area contributed by atoms with E-state index in [1.54, 1.807) is 12.4 Å². The molecule has 0 unspecified atom stereocenters. The van der Waals surface area contributed by atoms with Crippen molar-refractivity contribution in [3.05, 3.63) is 24.5 Å². The van der Waals surface area contributed by atoms with Crippen LogP contribution in [0.1, 0.15) is 19.3 Å². The topological polar surface area (TPSA) is 91.4 Å². The molecule has 2 atom stereocenters. The summed E-state index contributed by atoms with van der Waals surface area (Å²) in [5.74, 6) is 1.06. The molecule has 0 spiro atoms. The lowest BCUT2D eigenvalue weighted by molar-refractivity contribution is -0.121. The number of hydrogen-bond acceptors (Lipinski definition) is 5. The van der Waals surface area contributed by atoms with Crippen LogP contribution in [0.3, 0.4) is 0 Å². The van der Waals surface area contributed by atoms with Crippen LogP contribution in [0.15, 0.2) is 24.5 Å². The Bertz CT molecular complexity index is 676.